The smallest absolute Gasteiger partial charge is 0.271 e. The number of rotatable bonds is 3. The van der Waals surface area contributed by atoms with Crippen molar-refractivity contribution in [2.45, 2.75) is 32.2 Å². The number of hydrogen-bond donors (Lipinski definition) is 2. The molecule has 0 bridgehead atoms. The maximum absolute atomic E-state index is 10.8. The second-order valence-electron chi connectivity index (χ2n) is 5.25. The van der Waals surface area contributed by atoms with Crippen LogP contribution in [0.5, 0.6) is 0 Å². The summed E-state index contributed by atoms with van der Waals surface area (Å²) in [4.78, 5) is 10.5. The van der Waals surface area contributed by atoms with Gasteiger partial charge in [-0.25, -0.2) is 0 Å². The molecule has 5 heteroatoms. The van der Waals surface area contributed by atoms with E-state index in [0.29, 0.717) is 0 Å². The monoisotopic (exact) mass is 249 g/mol. The molecular weight excluding hydrogens is 230 g/mol. The van der Waals surface area contributed by atoms with Crippen molar-refractivity contribution in [1.29, 1.82) is 0 Å². The summed E-state index contributed by atoms with van der Waals surface area (Å²) in [6.07, 6.45) is 2.05. The fraction of sp³-hybridized carbons (Fsp3) is 0.538. The van der Waals surface area contributed by atoms with Gasteiger partial charge in [-0.2, -0.15) is 0 Å². The van der Waals surface area contributed by atoms with Gasteiger partial charge in [0.2, 0.25) is 0 Å². The quantitative estimate of drug-likeness (QED) is 0.638. The van der Waals surface area contributed by atoms with Crippen molar-refractivity contribution in [1.82, 2.24) is 5.32 Å². The molecule has 0 aromatic heterocycles. The maximum Gasteiger partial charge on any atom is 0.271 e. The Kier molecular flexibility index (Phi) is 3.52. The third-order valence-electron chi connectivity index (χ3n) is 3.43. The standard InChI is InChI=1S/C13H19N3O2/c1-10-7-11(9-12(8-10)16(17)18)15-13(2)3-5-14-6-4-13/h7-9,14-15H,3-6H2,1-2H3. The van der Waals surface area contributed by atoms with Crippen molar-refractivity contribution < 1.29 is 4.92 Å². The zero-order chi connectivity index (χ0) is 13.2. The summed E-state index contributed by atoms with van der Waals surface area (Å²) in [6.45, 7) is 6.01. The highest BCUT2D eigenvalue weighted by Crippen LogP contribution is 2.27. The third-order valence-corrected chi connectivity index (χ3v) is 3.43. The van der Waals surface area contributed by atoms with Gasteiger partial charge in [-0.05, 0) is 51.4 Å². The molecular formula is C13H19N3O2. The molecule has 0 radical (unpaired) electrons. The Hall–Kier alpha value is -1.62. The topological polar surface area (TPSA) is 67.2 Å². The average molecular weight is 249 g/mol. The van der Waals surface area contributed by atoms with E-state index < -0.39 is 0 Å². The highest BCUT2D eigenvalue weighted by molar-refractivity contribution is 5.55. The molecule has 0 amide bonds. The number of piperidine rings is 1. The van der Waals surface area contributed by atoms with Gasteiger partial charge in [0.1, 0.15) is 0 Å². The van der Waals surface area contributed by atoms with Gasteiger partial charge in [-0.3, -0.25) is 10.1 Å². The number of nitro groups is 1. The van der Waals surface area contributed by atoms with Crippen LogP contribution >= 0.6 is 0 Å². The van der Waals surface area contributed by atoms with Crippen LogP contribution < -0.4 is 10.6 Å². The molecule has 1 fully saturated rings. The van der Waals surface area contributed by atoms with Gasteiger partial charge in [0.05, 0.1) is 4.92 Å². The van der Waals surface area contributed by atoms with Gasteiger partial charge >= 0.3 is 0 Å². The number of nitro benzene ring substituents is 1. The molecule has 1 heterocycles. The minimum Gasteiger partial charge on any atom is -0.380 e. The number of anilines is 1. The normalized spacial score (nSPS) is 18.3. The first-order chi connectivity index (χ1) is 8.48. The van der Waals surface area contributed by atoms with E-state index in [4.69, 9.17) is 0 Å². The first kappa shape index (κ1) is 12.8. The molecule has 0 atom stereocenters. The number of aryl methyl sites for hydroxylation is 1. The van der Waals surface area contributed by atoms with E-state index in [1.165, 1.54) is 0 Å². The Morgan fingerprint density at radius 1 is 1.33 bits per heavy atom. The molecule has 0 saturated carbocycles. The molecule has 0 spiro atoms. The molecule has 98 valence electrons. The van der Waals surface area contributed by atoms with Crippen molar-refractivity contribution >= 4 is 11.4 Å². The minimum absolute atomic E-state index is 0.0207. The Bertz CT molecular complexity index is 454. The number of hydrogen-bond acceptors (Lipinski definition) is 4. The summed E-state index contributed by atoms with van der Waals surface area (Å²) < 4.78 is 0. The zero-order valence-corrected chi connectivity index (χ0v) is 10.8. The van der Waals surface area contributed by atoms with Crippen molar-refractivity contribution in [2.24, 2.45) is 0 Å². The summed E-state index contributed by atoms with van der Waals surface area (Å²) in [6, 6.07) is 5.16. The molecule has 2 rings (SSSR count). The van der Waals surface area contributed by atoms with Crippen molar-refractivity contribution in [3.8, 4) is 0 Å². The van der Waals surface area contributed by atoms with E-state index in [2.05, 4.69) is 17.6 Å². The highest BCUT2D eigenvalue weighted by Gasteiger charge is 2.26. The molecule has 1 aliphatic rings. The number of nitrogens with zero attached hydrogens (tertiary/aromatic N) is 1. The van der Waals surface area contributed by atoms with Crippen LogP contribution in [0.2, 0.25) is 0 Å². The summed E-state index contributed by atoms with van der Waals surface area (Å²) in [5, 5.41) is 17.6. The number of non-ortho nitro benzene ring substituents is 1. The minimum atomic E-state index is -0.344. The van der Waals surface area contributed by atoms with E-state index in [9.17, 15) is 10.1 Å². The van der Waals surface area contributed by atoms with Gasteiger partial charge in [0.15, 0.2) is 0 Å². The van der Waals surface area contributed by atoms with Crippen molar-refractivity contribution in [3.63, 3.8) is 0 Å². The first-order valence-electron chi connectivity index (χ1n) is 6.24. The van der Waals surface area contributed by atoms with E-state index >= 15 is 0 Å². The van der Waals surface area contributed by atoms with E-state index in [1.807, 2.05) is 13.0 Å². The summed E-state index contributed by atoms with van der Waals surface area (Å²) in [5.74, 6) is 0. The lowest BCUT2D eigenvalue weighted by Crippen LogP contribution is -2.45. The maximum atomic E-state index is 10.8. The summed E-state index contributed by atoms with van der Waals surface area (Å²) in [5.41, 5.74) is 1.91. The molecule has 5 nitrogen and oxygen atoms in total. The van der Waals surface area contributed by atoms with Crippen LogP contribution in [0, 0.1) is 17.0 Å². The predicted octanol–water partition coefficient (Wildman–Crippen LogP) is 2.46. The van der Waals surface area contributed by atoms with E-state index in [0.717, 1.165) is 37.2 Å². The van der Waals surface area contributed by atoms with E-state index in [1.54, 1.807) is 12.1 Å². The van der Waals surface area contributed by atoms with Crippen LogP contribution in [0.1, 0.15) is 25.3 Å². The lowest BCUT2D eigenvalue weighted by atomic mass is 9.90. The SMILES string of the molecule is Cc1cc(NC2(C)CCNCC2)cc([N+](=O)[O-])c1. The van der Waals surface area contributed by atoms with Crippen molar-refractivity contribution in [3.05, 3.63) is 33.9 Å². The molecule has 18 heavy (non-hydrogen) atoms. The average Bonchev–Trinajstić information content (AvgIpc) is 2.28. The summed E-state index contributed by atoms with van der Waals surface area (Å²) >= 11 is 0. The first-order valence-corrected chi connectivity index (χ1v) is 6.24. The van der Waals surface area contributed by atoms with Crippen LogP contribution in [0.15, 0.2) is 18.2 Å². The number of nitrogens with one attached hydrogen (secondary N) is 2. The van der Waals surface area contributed by atoms with Gasteiger partial charge in [-0.1, -0.05) is 0 Å². The zero-order valence-electron chi connectivity index (χ0n) is 10.8. The molecule has 1 aromatic rings. The van der Waals surface area contributed by atoms with Crippen molar-refractivity contribution in [2.75, 3.05) is 18.4 Å². The third kappa shape index (κ3) is 2.98. The lowest BCUT2D eigenvalue weighted by Gasteiger charge is -2.36. The largest absolute Gasteiger partial charge is 0.380 e. The Morgan fingerprint density at radius 2 is 2.00 bits per heavy atom. The summed E-state index contributed by atoms with van der Waals surface area (Å²) in [7, 11) is 0. The second-order valence-corrected chi connectivity index (χ2v) is 5.25. The fourth-order valence-electron chi connectivity index (χ4n) is 2.39. The Balaban J connectivity index is 2.20. The van der Waals surface area contributed by atoms with Crippen LogP contribution in [0.25, 0.3) is 0 Å². The van der Waals surface area contributed by atoms with Crippen LogP contribution in [-0.4, -0.2) is 23.6 Å². The Morgan fingerprint density at radius 3 is 2.61 bits per heavy atom. The lowest BCUT2D eigenvalue weighted by molar-refractivity contribution is -0.384. The molecule has 0 unspecified atom stereocenters. The molecule has 0 aliphatic carbocycles. The number of benzene rings is 1. The van der Waals surface area contributed by atoms with Crippen LogP contribution in [0.4, 0.5) is 11.4 Å². The van der Waals surface area contributed by atoms with E-state index in [-0.39, 0.29) is 16.1 Å². The Labute approximate surface area is 107 Å². The molecule has 1 aromatic carbocycles. The van der Waals surface area contributed by atoms with Gasteiger partial charge in [0, 0.05) is 23.4 Å². The van der Waals surface area contributed by atoms with Gasteiger partial charge in [-0.15, -0.1) is 0 Å². The molecule has 1 aliphatic heterocycles. The van der Waals surface area contributed by atoms with Crippen LogP contribution in [-0.2, 0) is 0 Å². The molecule has 2 N–H and O–H groups in total. The predicted molar refractivity (Wildman–Crippen MR) is 72.0 cm³/mol. The highest BCUT2D eigenvalue weighted by atomic mass is 16.6. The van der Waals surface area contributed by atoms with Gasteiger partial charge in [0.25, 0.3) is 5.69 Å². The van der Waals surface area contributed by atoms with Gasteiger partial charge < -0.3 is 10.6 Å². The molecule has 1 saturated heterocycles. The fourth-order valence-corrected chi connectivity index (χ4v) is 2.39. The second kappa shape index (κ2) is 4.94. The van der Waals surface area contributed by atoms with Crippen LogP contribution in [0.3, 0.4) is 0 Å².